The van der Waals surface area contributed by atoms with Gasteiger partial charge in [-0.05, 0) is 37.3 Å². The number of nitrogens with two attached hydrogens (primary N) is 1. The van der Waals surface area contributed by atoms with Crippen LogP contribution in [0.15, 0.2) is 18.2 Å². The quantitative estimate of drug-likeness (QED) is 0.776. The van der Waals surface area contributed by atoms with E-state index < -0.39 is 0 Å². The van der Waals surface area contributed by atoms with Crippen LogP contribution in [0.3, 0.4) is 0 Å². The van der Waals surface area contributed by atoms with Crippen molar-refractivity contribution in [1.29, 1.82) is 0 Å². The molecule has 1 aliphatic carbocycles. The molecular weight excluding hydrogens is 241 g/mol. The van der Waals surface area contributed by atoms with Gasteiger partial charge in [-0.2, -0.15) is 0 Å². The summed E-state index contributed by atoms with van der Waals surface area (Å²) in [4.78, 5) is 0. The van der Waals surface area contributed by atoms with E-state index in [1.165, 1.54) is 12.1 Å². The van der Waals surface area contributed by atoms with Gasteiger partial charge < -0.3 is 10.5 Å². The molecule has 1 aromatic rings. The third-order valence-corrected chi connectivity index (χ3v) is 3.81. The van der Waals surface area contributed by atoms with Gasteiger partial charge in [0.05, 0.1) is 0 Å². The summed E-state index contributed by atoms with van der Waals surface area (Å²) >= 11 is 0. The molecule has 0 amide bonds. The minimum absolute atomic E-state index is 0. The van der Waals surface area contributed by atoms with Crippen LogP contribution in [0.25, 0.3) is 0 Å². The summed E-state index contributed by atoms with van der Waals surface area (Å²) in [5, 5.41) is 0. The lowest BCUT2D eigenvalue weighted by Gasteiger charge is -2.35. The Kier molecular flexibility index (Phi) is 3.32. The Morgan fingerprint density at radius 1 is 1.29 bits per heavy atom. The van der Waals surface area contributed by atoms with Gasteiger partial charge in [-0.15, -0.1) is 12.4 Å². The maximum atomic E-state index is 13.1. The second kappa shape index (κ2) is 4.46. The zero-order valence-corrected chi connectivity index (χ0v) is 10.4. The molecule has 2 aliphatic rings. The summed E-state index contributed by atoms with van der Waals surface area (Å²) in [6, 6.07) is 5.16. The zero-order valence-electron chi connectivity index (χ0n) is 9.62. The largest absolute Gasteiger partial charge is 0.487 e. The van der Waals surface area contributed by atoms with E-state index in [2.05, 4.69) is 0 Å². The molecule has 94 valence electrons. The molecule has 1 spiro atoms. The lowest BCUT2D eigenvalue weighted by atomic mass is 9.80. The van der Waals surface area contributed by atoms with Crippen molar-refractivity contribution in [1.82, 2.24) is 0 Å². The molecule has 0 bridgehead atoms. The number of hydrogen-bond acceptors (Lipinski definition) is 2. The average Bonchev–Trinajstić information content (AvgIpc) is 2.60. The van der Waals surface area contributed by atoms with Crippen molar-refractivity contribution in [3.05, 3.63) is 29.6 Å². The van der Waals surface area contributed by atoms with Crippen molar-refractivity contribution < 1.29 is 9.13 Å². The van der Waals surface area contributed by atoms with Crippen LogP contribution in [-0.4, -0.2) is 11.6 Å². The number of rotatable bonds is 0. The molecule has 1 fully saturated rings. The molecule has 0 unspecified atom stereocenters. The van der Waals surface area contributed by atoms with Gasteiger partial charge in [0.25, 0.3) is 0 Å². The van der Waals surface area contributed by atoms with Gasteiger partial charge in [-0.1, -0.05) is 6.07 Å². The number of benzene rings is 1. The monoisotopic (exact) mass is 257 g/mol. The fourth-order valence-electron chi connectivity index (χ4n) is 2.83. The molecular formula is C13H17ClFNO. The van der Waals surface area contributed by atoms with Gasteiger partial charge >= 0.3 is 0 Å². The fraction of sp³-hybridized carbons (Fsp3) is 0.538. The lowest BCUT2D eigenvalue weighted by Crippen LogP contribution is -2.42. The SMILES string of the molecule is Cl.NC1CCC2(CC1)Cc1ccc(F)cc1O2. The van der Waals surface area contributed by atoms with Crippen molar-refractivity contribution in [3.8, 4) is 5.75 Å². The Balaban J connectivity index is 0.00000108. The standard InChI is InChI=1S/C13H16FNO.ClH/c14-10-2-1-9-8-13(16-12(9)7-10)5-3-11(15)4-6-13;/h1-2,7,11H,3-6,8,15H2;1H. The van der Waals surface area contributed by atoms with Crippen LogP contribution in [0.4, 0.5) is 4.39 Å². The van der Waals surface area contributed by atoms with Gasteiger partial charge in [0.2, 0.25) is 0 Å². The summed E-state index contributed by atoms with van der Waals surface area (Å²) < 4.78 is 19.0. The van der Waals surface area contributed by atoms with Crippen molar-refractivity contribution in [2.24, 2.45) is 5.73 Å². The summed E-state index contributed by atoms with van der Waals surface area (Å²) in [6.07, 6.45) is 4.91. The molecule has 2 nitrogen and oxygen atoms in total. The van der Waals surface area contributed by atoms with Crippen LogP contribution in [0, 0.1) is 5.82 Å². The fourth-order valence-corrected chi connectivity index (χ4v) is 2.83. The third kappa shape index (κ3) is 2.26. The van der Waals surface area contributed by atoms with Gasteiger partial charge in [0.15, 0.2) is 0 Å². The molecule has 0 saturated heterocycles. The van der Waals surface area contributed by atoms with Crippen LogP contribution in [0.5, 0.6) is 5.75 Å². The normalized spacial score (nSPS) is 30.6. The summed E-state index contributed by atoms with van der Waals surface area (Å²) in [5.74, 6) is 0.513. The molecule has 1 aliphatic heterocycles. The topological polar surface area (TPSA) is 35.2 Å². The molecule has 1 saturated carbocycles. The highest BCUT2D eigenvalue weighted by atomic mass is 35.5. The molecule has 3 rings (SSSR count). The minimum Gasteiger partial charge on any atom is -0.487 e. The minimum atomic E-state index is -0.219. The zero-order chi connectivity index (χ0) is 11.2. The van der Waals surface area contributed by atoms with Gasteiger partial charge in [-0.3, -0.25) is 0 Å². The molecule has 0 aromatic heterocycles. The molecule has 1 heterocycles. The Hall–Kier alpha value is -0.800. The number of ether oxygens (including phenoxy) is 1. The first kappa shape index (κ1) is 12.7. The predicted molar refractivity (Wildman–Crippen MR) is 67.2 cm³/mol. The first-order chi connectivity index (χ1) is 7.67. The summed E-state index contributed by atoms with van der Waals surface area (Å²) in [5.41, 5.74) is 6.94. The Labute approximate surface area is 107 Å². The van der Waals surface area contributed by atoms with E-state index in [1.54, 1.807) is 0 Å². The highest BCUT2D eigenvalue weighted by molar-refractivity contribution is 5.85. The maximum Gasteiger partial charge on any atom is 0.126 e. The van der Waals surface area contributed by atoms with Gasteiger partial charge in [-0.25, -0.2) is 4.39 Å². The average molecular weight is 258 g/mol. The number of fused-ring (bicyclic) bond motifs is 1. The first-order valence-corrected chi connectivity index (χ1v) is 5.90. The smallest absolute Gasteiger partial charge is 0.126 e. The molecule has 2 N–H and O–H groups in total. The van der Waals surface area contributed by atoms with E-state index in [-0.39, 0.29) is 23.8 Å². The van der Waals surface area contributed by atoms with Crippen molar-refractivity contribution in [3.63, 3.8) is 0 Å². The highest BCUT2D eigenvalue weighted by Gasteiger charge is 2.41. The lowest BCUT2D eigenvalue weighted by molar-refractivity contribution is 0.0473. The molecule has 1 aromatic carbocycles. The predicted octanol–water partition coefficient (Wildman–Crippen LogP) is 2.82. The molecule has 0 atom stereocenters. The van der Waals surface area contributed by atoms with E-state index in [0.29, 0.717) is 6.04 Å². The second-order valence-corrected chi connectivity index (χ2v) is 5.05. The van der Waals surface area contributed by atoms with Crippen LogP contribution in [0.2, 0.25) is 0 Å². The van der Waals surface area contributed by atoms with Crippen molar-refractivity contribution >= 4 is 12.4 Å². The van der Waals surface area contributed by atoms with Crippen molar-refractivity contribution in [2.75, 3.05) is 0 Å². The van der Waals surface area contributed by atoms with Crippen LogP contribution >= 0.6 is 12.4 Å². The van der Waals surface area contributed by atoms with E-state index in [4.69, 9.17) is 10.5 Å². The van der Waals surface area contributed by atoms with Gasteiger partial charge in [0.1, 0.15) is 17.2 Å². The first-order valence-electron chi connectivity index (χ1n) is 5.90. The van der Waals surface area contributed by atoms with E-state index in [1.807, 2.05) is 6.07 Å². The number of hydrogen-bond donors (Lipinski definition) is 1. The molecule has 17 heavy (non-hydrogen) atoms. The van der Waals surface area contributed by atoms with Gasteiger partial charge in [0, 0.05) is 18.5 Å². The van der Waals surface area contributed by atoms with E-state index in [9.17, 15) is 4.39 Å². The second-order valence-electron chi connectivity index (χ2n) is 5.05. The van der Waals surface area contributed by atoms with Crippen LogP contribution in [0.1, 0.15) is 31.2 Å². The number of halogens is 2. The Bertz CT molecular complexity index is 416. The Morgan fingerprint density at radius 3 is 2.71 bits per heavy atom. The third-order valence-electron chi connectivity index (χ3n) is 3.81. The summed E-state index contributed by atoms with van der Waals surface area (Å²) in [6.45, 7) is 0. The highest BCUT2D eigenvalue weighted by Crippen LogP contribution is 2.43. The molecule has 4 heteroatoms. The van der Waals surface area contributed by atoms with E-state index in [0.717, 1.165) is 43.4 Å². The Morgan fingerprint density at radius 2 is 2.00 bits per heavy atom. The molecule has 0 radical (unpaired) electrons. The van der Waals surface area contributed by atoms with Crippen molar-refractivity contribution in [2.45, 2.75) is 43.7 Å². The maximum absolute atomic E-state index is 13.1. The summed E-state index contributed by atoms with van der Waals surface area (Å²) in [7, 11) is 0. The van der Waals surface area contributed by atoms with Crippen LogP contribution in [-0.2, 0) is 6.42 Å². The van der Waals surface area contributed by atoms with Crippen LogP contribution < -0.4 is 10.5 Å². The van der Waals surface area contributed by atoms with E-state index >= 15 is 0 Å².